The summed E-state index contributed by atoms with van der Waals surface area (Å²) in [5.41, 5.74) is 7.20. The molecule has 17 heavy (non-hydrogen) atoms. The zero-order chi connectivity index (χ0) is 12.4. The van der Waals surface area contributed by atoms with E-state index < -0.39 is 0 Å². The van der Waals surface area contributed by atoms with E-state index in [0.717, 1.165) is 12.0 Å². The van der Waals surface area contributed by atoms with Crippen LogP contribution in [0.25, 0.3) is 11.3 Å². The number of rotatable bonds is 2. The Morgan fingerprint density at radius 3 is 2.71 bits per heavy atom. The van der Waals surface area contributed by atoms with Crippen molar-refractivity contribution in [2.45, 2.75) is 13.3 Å². The molecular weight excluding hydrogens is 257 g/mol. The highest BCUT2D eigenvalue weighted by Gasteiger charge is 2.10. The summed E-state index contributed by atoms with van der Waals surface area (Å²) in [5.74, 6) is 1.12. The van der Waals surface area contributed by atoms with Gasteiger partial charge in [0.15, 0.2) is 0 Å². The Kier molecular flexibility index (Phi) is 3.50. The average Bonchev–Trinajstić information content (AvgIpc) is 2.31. The highest BCUT2D eigenvalue weighted by Crippen LogP contribution is 2.32. The van der Waals surface area contributed by atoms with Crippen molar-refractivity contribution in [2.24, 2.45) is 0 Å². The minimum atomic E-state index is 0.433. The van der Waals surface area contributed by atoms with Crippen LogP contribution in [0.2, 0.25) is 10.0 Å². The number of halogens is 2. The monoisotopic (exact) mass is 267 g/mol. The molecule has 0 fully saturated rings. The lowest BCUT2D eigenvalue weighted by Gasteiger charge is -2.07. The van der Waals surface area contributed by atoms with Crippen LogP contribution in [0.5, 0.6) is 0 Å². The first-order chi connectivity index (χ1) is 8.11. The normalized spacial score (nSPS) is 10.5. The van der Waals surface area contributed by atoms with Gasteiger partial charge in [0.1, 0.15) is 11.6 Å². The van der Waals surface area contributed by atoms with Crippen molar-refractivity contribution >= 4 is 29.0 Å². The molecule has 88 valence electrons. The Balaban J connectivity index is 2.60. The molecule has 0 radical (unpaired) electrons. The van der Waals surface area contributed by atoms with Gasteiger partial charge in [0, 0.05) is 18.1 Å². The largest absolute Gasteiger partial charge is 0.384 e. The van der Waals surface area contributed by atoms with Crippen LogP contribution in [0.3, 0.4) is 0 Å². The van der Waals surface area contributed by atoms with E-state index in [0.29, 0.717) is 27.4 Å². The number of aryl methyl sites for hydroxylation is 1. The van der Waals surface area contributed by atoms with Crippen LogP contribution >= 0.6 is 23.2 Å². The summed E-state index contributed by atoms with van der Waals surface area (Å²) in [6, 6.07) is 7.11. The van der Waals surface area contributed by atoms with Gasteiger partial charge in [-0.15, -0.1) is 0 Å². The molecule has 3 nitrogen and oxygen atoms in total. The van der Waals surface area contributed by atoms with Crippen molar-refractivity contribution in [1.82, 2.24) is 9.97 Å². The highest BCUT2D eigenvalue weighted by atomic mass is 35.5. The fraction of sp³-hybridized carbons (Fsp3) is 0.167. The van der Waals surface area contributed by atoms with Gasteiger partial charge < -0.3 is 5.73 Å². The lowest BCUT2D eigenvalue weighted by Crippen LogP contribution is -2.00. The Morgan fingerprint density at radius 2 is 2.00 bits per heavy atom. The third-order valence-electron chi connectivity index (χ3n) is 2.34. The van der Waals surface area contributed by atoms with Gasteiger partial charge in [-0.3, -0.25) is 0 Å². The smallest absolute Gasteiger partial charge is 0.131 e. The van der Waals surface area contributed by atoms with Crippen molar-refractivity contribution in [3.05, 3.63) is 40.1 Å². The summed E-state index contributed by atoms with van der Waals surface area (Å²) in [6.45, 7) is 1.97. The summed E-state index contributed by atoms with van der Waals surface area (Å²) in [6.07, 6.45) is 0.718. The number of hydrogen-bond acceptors (Lipinski definition) is 3. The van der Waals surface area contributed by atoms with E-state index in [2.05, 4.69) is 9.97 Å². The molecule has 0 bridgehead atoms. The van der Waals surface area contributed by atoms with Gasteiger partial charge in [0.05, 0.1) is 15.7 Å². The molecular formula is C12H11Cl2N3. The lowest BCUT2D eigenvalue weighted by molar-refractivity contribution is 0.949. The van der Waals surface area contributed by atoms with Crippen molar-refractivity contribution in [3.8, 4) is 11.3 Å². The maximum Gasteiger partial charge on any atom is 0.131 e. The molecule has 0 amide bonds. The quantitative estimate of drug-likeness (QED) is 0.905. The molecule has 0 saturated heterocycles. The van der Waals surface area contributed by atoms with E-state index in [1.807, 2.05) is 19.1 Å². The summed E-state index contributed by atoms with van der Waals surface area (Å²) in [5, 5.41) is 0.980. The van der Waals surface area contributed by atoms with E-state index >= 15 is 0 Å². The molecule has 1 heterocycles. The van der Waals surface area contributed by atoms with Gasteiger partial charge in [0.2, 0.25) is 0 Å². The van der Waals surface area contributed by atoms with Crippen LogP contribution in [-0.2, 0) is 6.42 Å². The van der Waals surface area contributed by atoms with Gasteiger partial charge in [-0.05, 0) is 6.07 Å². The maximum absolute atomic E-state index is 6.14. The van der Waals surface area contributed by atoms with Crippen molar-refractivity contribution in [1.29, 1.82) is 0 Å². The molecule has 2 rings (SSSR count). The zero-order valence-corrected chi connectivity index (χ0v) is 10.8. The molecule has 0 aliphatic rings. The Labute approximate surface area is 110 Å². The third-order valence-corrected chi connectivity index (χ3v) is 3.15. The molecule has 1 aromatic carbocycles. The predicted octanol–water partition coefficient (Wildman–Crippen LogP) is 3.60. The van der Waals surface area contributed by atoms with Crippen LogP contribution in [0.4, 0.5) is 5.82 Å². The molecule has 5 heteroatoms. The number of nitrogens with zero attached hydrogens (tertiary/aromatic N) is 2. The molecule has 0 saturated carbocycles. The number of benzene rings is 1. The first-order valence-electron chi connectivity index (χ1n) is 5.19. The van der Waals surface area contributed by atoms with Gasteiger partial charge in [-0.2, -0.15) is 0 Å². The van der Waals surface area contributed by atoms with Crippen molar-refractivity contribution < 1.29 is 0 Å². The molecule has 0 aliphatic heterocycles. The van der Waals surface area contributed by atoms with E-state index in [1.54, 1.807) is 12.1 Å². The van der Waals surface area contributed by atoms with E-state index in [1.165, 1.54) is 0 Å². The standard InChI is InChI=1S/C12H11Cl2N3/c1-2-11-16-9(6-10(15)17-11)7-4-3-5-8(13)12(7)14/h3-6H,2H2,1H3,(H2,15,16,17). The Hall–Kier alpha value is -1.32. The SMILES string of the molecule is CCc1nc(N)cc(-c2cccc(Cl)c2Cl)n1. The zero-order valence-electron chi connectivity index (χ0n) is 9.24. The molecule has 2 N–H and O–H groups in total. The highest BCUT2D eigenvalue weighted by molar-refractivity contribution is 6.43. The van der Waals surface area contributed by atoms with E-state index in [-0.39, 0.29) is 0 Å². The second kappa shape index (κ2) is 4.90. The molecule has 0 unspecified atom stereocenters. The fourth-order valence-electron chi connectivity index (χ4n) is 1.52. The van der Waals surface area contributed by atoms with Crippen molar-refractivity contribution in [2.75, 3.05) is 5.73 Å². The summed E-state index contributed by atoms with van der Waals surface area (Å²) < 4.78 is 0. The average molecular weight is 268 g/mol. The van der Waals surface area contributed by atoms with Crippen LogP contribution < -0.4 is 5.73 Å². The first kappa shape index (κ1) is 12.1. The molecule has 0 aliphatic carbocycles. The van der Waals surface area contributed by atoms with Crippen LogP contribution in [0.15, 0.2) is 24.3 Å². The fourth-order valence-corrected chi connectivity index (χ4v) is 1.91. The number of nitrogen functional groups attached to an aromatic ring is 1. The first-order valence-corrected chi connectivity index (χ1v) is 5.95. The minimum absolute atomic E-state index is 0.433. The van der Waals surface area contributed by atoms with E-state index in [9.17, 15) is 0 Å². The van der Waals surface area contributed by atoms with Crippen molar-refractivity contribution in [3.63, 3.8) is 0 Å². The summed E-state index contributed by atoms with van der Waals surface area (Å²) in [4.78, 5) is 8.51. The van der Waals surface area contributed by atoms with Gasteiger partial charge >= 0.3 is 0 Å². The molecule has 1 aromatic heterocycles. The second-order valence-electron chi connectivity index (χ2n) is 3.55. The third kappa shape index (κ3) is 2.51. The number of aromatic nitrogens is 2. The summed E-state index contributed by atoms with van der Waals surface area (Å²) in [7, 11) is 0. The summed E-state index contributed by atoms with van der Waals surface area (Å²) >= 11 is 12.1. The predicted molar refractivity (Wildman–Crippen MR) is 71.3 cm³/mol. The molecule has 2 aromatic rings. The topological polar surface area (TPSA) is 51.8 Å². The van der Waals surface area contributed by atoms with Gasteiger partial charge in [-0.25, -0.2) is 9.97 Å². The van der Waals surface area contributed by atoms with Crippen LogP contribution in [0.1, 0.15) is 12.7 Å². The van der Waals surface area contributed by atoms with Crippen LogP contribution in [0, 0.1) is 0 Å². The minimum Gasteiger partial charge on any atom is -0.384 e. The Bertz CT molecular complexity index is 555. The lowest BCUT2D eigenvalue weighted by atomic mass is 10.1. The Morgan fingerprint density at radius 1 is 1.24 bits per heavy atom. The number of hydrogen-bond donors (Lipinski definition) is 1. The molecule has 0 atom stereocenters. The second-order valence-corrected chi connectivity index (χ2v) is 4.33. The van der Waals surface area contributed by atoms with Crippen LogP contribution in [-0.4, -0.2) is 9.97 Å². The molecule has 0 spiro atoms. The number of anilines is 1. The number of nitrogens with two attached hydrogens (primary N) is 1. The van der Waals surface area contributed by atoms with E-state index in [4.69, 9.17) is 28.9 Å². The van der Waals surface area contributed by atoms with Gasteiger partial charge in [-0.1, -0.05) is 42.3 Å². The maximum atomic E-state index is 6.14. The van der Waals surface area contributed by atoms with Gasteiger partial charge in [0.25, 0.3) is 0 Å².